The minimum absolute atomic E-state index is 0.262. The van der Waals surface area contributed by atoms with E-state index in [-0.39, 0.29) is 11.7 Å². The number of halogens is 1. The Labute approximate surface area is 139 Å². The summed E-state index contributed by atoms with van der Waals surface area (Å²) >= 11 is 0. The van der Waals surface area contributed by atoms with Crippen molar-refractivity contribution in [3.8, 4) is 0 Å². The fraction of sp³-hybridized carbons (Fsp3) is 0.158. The molecule has 0 spiro atoms. The molecule has 120 valence electrons. The Kier molecular flexibility index (Phi) is 3.41. The molecule has 3 N–H and O–H groups in total. The van der Waals surface area contributed by atoms with E-state index in [4.69, 9.17) is 11.1 Å². The number of rotatable bonds is 4. The van der Waals surface area contributed by atoms with Crippen LogP contribution in [0.1, 0.15) is 24.0 Å². The predicted octanol–water partition coefficient (Wildman–Crippen LogP) is 3.73. The van der Waals surface area contributed by atoms with E-state index in [0.29, 0.717) is 11.4 Å². The van der Waals surface area contributed by atoms with Crippen molar-refractivity contribution in [3.05, 3.63) is 71.9 Å². The van der Waals surface area contributed by atoms with Crippen molar-refractivity contribution >= 4 is 22.6 Å². The number of allylic oxidation sites excluding steroid dienone is 1. The number of fused-ring (bicyclic) bond motifs is 1. The second kappa shape index (κ2) is 5.60. The lowest BCUT2D eigenvalue weighted by atomic mass is 9.94. The van der Waals surface area contributed by atoms with Crippen molar-refractivity contribution in [1.82, 2.24) is 9.38 Å². The number of aromatic nitrogens is 2. The van der Waals surface area contributed by atoms with Gasteiger partial charge in [-0.1, -0.05) is 0 Å². The molecule has 3 aromatic rings. The lowest BCUT2D eigenvalue weighted by Crippen LogP contribution is -2.11. The largest absolute Gasteiger partial charge is 0.398 e. The molecule has 2 heterocycles. The van der Waals surface area contributed by atoms with E-state index in [1.165, 1.54) is 12.1 Å². The number of hydrogen-bond acceptors (Lipinski definition) is 3. The topological polar surface area (TPSA) is 67.2 Å². The summed E-state index contributed by atoms with van der Waals surface area (Å²) in [7, 11) is 0. The average molecular weight is 320 g/mol. The molecular weight excluding hydrogens is 303 g/mol. The minimum atomic E-state index is -0.301. The van der Waals surface area contributed by atoms with Crippen LogP contribution in [0.3, 0.4) is 0 Å². The summed E-state index contributed by atoms with van der Waals surface area (Å²) in [4.78, 5) is 4.24. The normalized spacial score (nSPS) is 15.4. The molecule has 1 saturated carbocycles. The van der Waals surface area contributed by atoms with Crippen LogP contribution in [0.15, 0.2) is 55.0 Å². The average Bonchev–Trinajstić information content (AvgIpc) is 3.33. The monoisotopic (exact) mass is 320 g/mol. The number of pyridine rings is 1. The highest BCUT2D eigenvalue weighted by Crippen LogP contribution is 2.37. The number of hydrogen-bond donors (Lipinski definition) is 2. The van der Waals surface area contributed by atoms with Gasteiger partial charge in [-0.2, -0.15) is 0 Å². The molecule has 1 aliphatic rings. The van der Waals surface area contributed by atoms with Gasteiger partial charge in [0.2, 0.25) is 0 Å². The second-order valence-electron chi connectivity index (χ2n) is 6.09. The van der Waals surface area contributed by atoms with Gasteiger partial charge < -0.3 is 15.5 Å². The first-order valence-electron chi connectivity index (χ1n) is 7.91. The fourth-order valence-corrected chi connectivity index (χ4v) is 2.87. The maximum Gasteiger partial charge on any atom is 0.136 e. The maximum atomic E-state index is 13.2. The third-order valence-corrected chi connectivity index (χ3v) is 4.36. The summed E-state index contributed by atoms with van der Waals surface area (Å²) in [6.45, 7) is 0. The second-order valence-corrected chi connectivity index (χ2v) is 6.09. The predicted molar refractivity (Wildman–Crippen MR) is 93.0 cm³/mol. The summed E-state index contributed by atoms with van der Waals surface area (Å²) in [6.07, 6.45) is 7.58. The van der Waals surface area contributed by atoms with Crippen LogP contribution in [-0.4, -0.2) is 15.1 Å². The summed E-state index contributed by atoms with van der Waals surface area (Å²) < 4.78 is 15.1. The van der Waals surface area contributed by atoms with E-state index in [2.05, 4.69) is 4.98 Å². The van der Waals surface area contributed by atoms with Gasteiger partial charge in [0.15, 0.2) is 0 Å². The van der Waals surface area contributed by atoms with Gasteiger partial charge in [-0.25, -0.2) is 9.37 Å². The molecule has 0 aliphatic heterocycles. The van der Waals surface area contributed by atoms with Gasteiger partial charge in [0.05, 0.1) is 0 Å². The number of benzene rings is 1. The van der Waals surface area contributed by atoms with E-state index in [0.717, 1.165) is 35.2 Å². The van der Waals surface area contributed by atoms with Gasteiger partial charge in [0.25, 0.3) is 0 Å². The zero-order valence-electron chi connectivity index (χ0n) is 13.0. The number of nitrogens with two attached hydrogens (primary N) is 1. The van der Waals surface area contributed by atoms with Crippen LogP contribution < -0.4 is 5.73 Å². The molecule has 4 nitrogen and oxygen atoms in total. The van der Waals surface area contributed by atoms with Crippen LogP contribution in [0.25, 0.3) is 16.9 Å². The lowest BCUT2D eigenvalue weighted by molar-refractivity contribution is 0.627. The van der Waals surface area contributed by atoms with Crippen LogP contribution >= 0.6 is 0 Å². The highest BCUT2D eigenvalue weighted by atomic mass is 19.1. The molecule has 0 atom stereocenters. The summed E-state index contributed by atoms with van der Waals surface area (Å²) in [6, 6.07) is 9.93. The SMILES string of the molecule is N=C(C(=C(N)c1ccc(F)cc1)c1ccc2nccn2c1)C1CC1. The first kappa shape index (κ1) is 14.6. The van der Waals surface area contributed by atoms with Crippen molar-refractivity contribution in [3.63, 3.8) is 0 Å². The molecule has 0 radical (unpaired) electrons. The fourth-order valence-electron chi connectivity index (χ4n) is 2.87. The Bertz CT molecular complexity index is 949. The van der Waals surface area contributed by atoms with Gasteiger partial charge in [0, 0.05) is 47.1 Å². The smallest absolute Gasteiger partial charge is 0.136 e. The summed E-state index contributed by atoms with van der Waals surface area (Å²) in [5.41, 5.74) is 10.6. The van der Waals surface area contributed by atoms with Crippen molar-refractivity contribution in [1.29, 1.82) is 5.41 Å². The molecule has 1 fully saturated rings. The molecule has 1 aromatic carbocycles. The molecule has 24 heavy (non-hydrogen) atoms. The van der Waals surface area contributed by atoms with Crippen LogP contribution in [0, 0.1) is 17.1 Å². The van der Waals surface area contributed by atoms with E-state index < -0.39 is 0 Å². The first-order valence-corrected chi connectivity index (χ1v) is 7.91. The van der Waals surface area contributed by atoms with Gasteiger partial charge in [-0.15, -0.1) is 0 Å². The quantitative estimate of drug-likeness (QED) is 0.719. The molecule has 0 unspecified atom stereocenters. The Morgan fingerprint density at radius 3 is 2.54 bits per heavy atom. The number of nitrogens with one attached hydrogen (secondary N) is 1. The molecule has 5 heteroatoms. The molecule has 0 amide bonds. The van der Waals surface area contributed by atoms with Crippen molar-refractivity contribution < 1.29 is 4.39 Å². The van der Waals surface area contributed by atoms with E-state index in [1.807, 2.05) is 28.9 Å². The third-order valence-electron chi connectivity index (χ3n) is 4.36. The Morgan fingerprint density at radius 2 is 1.83 bits per heavy atom. The van der Waals surface area contributed by atoms with Crippen LogP contribution in [0.5, 0.6) is 0 Å². The maximum absolute atomic E-state index is 13.2. The summed E-state index contributed by atoms with van der Waals surface area (Å²) in [5, 5.41) is 8.56. The van der Waals surface area contributed by atoms with Gasteiger partial charge in [-0.3, -0.25) is 0 Å². The first-order chi connectivity index (χ1) is 11.6. The Hall–Kier alpha value is -2.95. The Balaban J connectivity index is 1.88. The van der Waals surface area contributed by atoms with E-state index in [1.54, 1.807) is 18.3 Å². The highest BCUT2D eigenvalue weighted by molar-refractivity contribution is 6.30. The zero-order chi connectivity index (χ0) is 16.7. The van der Waals surface area contributed by atoms with E-state index >= 15 is 0 Å². The number of nitrogens with zero attached hydrogens (tertiary/aromatic N) is 2. The van der Waals surface area contributed by atoms with Gasteiger partial charge in [0.1, 0.15) is 11.5 Å². The van der Waals surface area contributed by atoms with Crippen LogP contribution in [0.4, 0.5) is 4.39 Å². The van der Waals surface area contributed by atoms with Crippen LogP contribution in [0.2, 0.25) is 0 Å². The van der Waals surface area contributed by atoms with Crippen molar-refractivity contribution in [2.45, 2.75) is 12.8 Å². The molecule has 0 bridgehead atoms. The highest BCUT2D eigenvalue weighted by Gasteiger charge is 2.30. The number of imidazole rings is 1. The summed E-state index contributed by atoms with van der Waals surface area (Å²) in [5.74, 6) is -0.0392. The van der Waals surface area contributed by atoms with Gasteiger partial charge >= 0.3 is 0 Å². The van der Waals surface area contributed by atoms with Gasteiger partial charge in [-0.05, 0) is 54.8 Å². The minimum Gasteiger partial charge on any atom is -0.398 e. The standard InChI is InChI=1S/C19H17FN4/c20-15-6-3-13(4-7-15)19(22)17(18(21)12-1-2-12)14-5-8-16-23-9-10-24(16)11-14/h3-12,21H,1-2,22H2. The Morgan fingerprint density at radius 1 is 1.12 bits per heavy atom. The molecule has 2 aromatic heterocycles. The lowest BCUT2D eigenvalue weighted by Gasteiger charge is -2.14. The van der Waals surface area contributed by atoms with Crippen molar-refractivity contribution in [2.24, 2.45) is 11.7 Å². The molecule has 4 rings (SSSR count). The molecule has 1 aliphatic carbocycles. The molecule has 0 saturated heterocycles. The van der Waals surface area contributed by atoms with E-state index in [9.17, 15) is 4.39 Å². The molecular formula is C19H17FN4. The van der Waals surface area contributed by atoms with Crippen molar-refractivity contribution in [2.75, 3.05) is 0 Å². The van der Waals surface area contributed by atoms with Crippen LogP contribution in [-0.2, 0) is 0 Å². The zero-order valence-corrected chi connectivity index (χ0v) is 13.0. The third kappa shape index (κ3) is 2.58.